The maximum absolute atomic E-state index is 12.7. The van der Waals surface area contributed by atoms with Gasteiger partial charge >= 0.3 is 17.9 Å². The first-order chi connectivity index (χ1) is 24.7. The van der Waals surface area contributed by atoms with Gasteiger partial charge in [0.05, 0.1) is 105 Å². The van der Waals surface area contributed by atoms with Crippen LogP contribution in [0.2, 0.25) is 0 Å². The van der Waals surface area contributed by atoms with Gasteiger partial charge in [-0.2, -0.15) is 0 Å². The van der Waals surface area contributed by atoms with E-state index in [1.54, 1.807) is 14.7 Å². The molecule has 0 aliphatic carbocycles. The van der Waals surface area contributed by atoms with Gasteiger partial charge in [0.2, 0.25) is 5.91 Å². The molecular weight excluding hydrogens is 680 g/mol. The lowest BCUT2D eigenvalue weighted by atomic mass is 10.3. The highest BCUT2D eigenvalue weighted by molar-refractivity contribution is 5.78. The standard InChI is InChI=1S/C30H56N8O13/c31-34-33-2-12-47-14-16-49-18-20-51-22-21-50-19-17-48-15-13-46-11-1-32-27(39)23-35-3-5-36(24-28(40)41)7-9-38(26-30(44)45)10-8-37(6-4-35)25-29(42)43/h1-26H2,(H,32,39)(H,40,41)(H,42,43)(H,44,45). The number of hydrogen-bond donors (Lipinski definition) is 4. The molecule has 0 bridgehead atoms. The molecule has 0 atom stereocenters. The topological polar surface area (TPSA) is 258 Å². The van der Waals surface area contributed by atoms with Gasteiger partial charge in [0, 0.05) is 70.4 Å². The predicted molar refractivity (Wildman–Crippen MR) is 181 cm³/mol. The number of azide groups is 1. The number of carboxylic acids is 3. The Morgan fingerprint density at radius 3 is 1.12 bits per heavy atom. The minimum Gasteiger partial charge on any atom is -0.480 e. The third-order valence-corrected chi connectivity index (χ3v) is 7.20. The summed E-state index contributed by atoms with van der Waals surface area (Å²) in [5.74, 6) is -3.29. The maximum atomic E-state index is 12.7. The third kappa shape index (κ3) is 29.1. The molecule has 1 amide bonds. The van der Waals surface area contributed by atoms with Crippen LogP contribution in [-0.4, -0.2) is 230 Å². The SMILES string of the molecule is [N-]=[N+]=NCCOCCOCCOCCOCCOCCOCCNC(=O)CN1CCN(CC(=O)O)CCN(CC(=O)O)CCN(CC(=O)O)CC1. The molecule has 1 fully saturated rings. The number of hydrogen-bond acceptors (Lipinski definition) is 15. The number of amides is 1. The van der Waals surface area contributed by atoms with Gasteiger partial charge in [-0.05, 0) is 5.53 Å². The Hall–Kier alpha value is -3.21. The highest BCUT2D eigenvalue weighted by Gasteiger charge is 2.21. The van der Waals surface area contributed by atoms with Crippen molar-refractivity contribution in [1.29, 1.82) is 0 Å². The quantitative estimate of drug-likeness (QED) is 0.0280. The van der Waals surface area contributed by atoms with E-state index in [0.717, 1.165) is 0 Å². The van der Waals surface area contributed by atoms with Crippen LogP contribution >= 0.6 is 0 Å². The summed E-state index contributed by atoms with van der Waals surface area (Å²) in [6, 6.07) is 0. The number of nitrogens with one attached hydrogen (secondary N) is 1. The van der Waals surface area contributed by atoms with Gasteiger partial charge in [0.1, 0.15) is 0 Å². The number of ether oxygens (including phenoxy) is 6. The van der Waals surface area contributed by atoms with E-state index < -0.39 is 17.9 Å². The van der Waals surface area contributed by atoms with Gasteiger partial charge in [-0.3, -0.25) is 38.8 Å². The summed E-state index contributed by atoms with van der Waals surface area (Å²) in [6.45, 7) is 7.25. The van der Waals surface area contributed by atoms with Crippen molar-refractivity contribution < 1.29 is 62.9 Å². The number of carboxylic acid groups (broad SMARTS) is 3. The highest BCUT2D eigenvalue weighted by Crippen LogP contribution is 2.01. The zero-order valence-corrected chi connectivity index (χ0v) is 29.4. The van der Waals surface area contributed by atoms with Crippen LogP contribution in [0, 0.1) is 0 Å². The molecule has 0 unspecified atom stereocenters. The largest absolute Gasteiger partial charge is 0.480 e. The summed E-state index contributed by atoms with van der Waals surface area (Å²) in [5.41, 5.74) is 8.15. The molecule has 4 N–H and O–H groups in total. The van der Waals surface area contributed by atoms with Crippen molar-refractivity contribution in [1.82, 2.24) is 24.9 Å². The van der Waals surface area contributed by atoms with Crippen LogP contribution in [0.1, 0.15) is 0 Å². The Kier molecular flexibility index (Phi) is 28.3. The molecule has 0 aromatic heterocycles. The minimum absolute atomic E-state index is 0.0343. The molecule has 0 aromatic rings. The van der Waals surface area contributed by atoms with Crippen molar-refractivity contribution in [2.24, 2.45) is 5.11 Å². The summed E-state index contributed by atoms with van der Waals surface area (Å²) in [4.78, 5) is 56.5. The van der Waals surface area contributed by atoms with Crippen molar-refractivity contribution in [3.63, 3.8) is 0 Å². The summed E-state index contributed by atoms with van der Waals surface area (Å²) < 4.78 is 32.4. The average Bonchev–Trinajstić information content (AvgIpc) is 3.07. The molecule has 21 heteroatoms. The summed E-state index contributed by atoms with van der Waals surface area (Å²) in [7, 11) is 0. The molecule has 1 aliphatic rings. The first-order valence-electron chi connectivity index (χ1n) is 17.0. The Morgan fingerprint density at radius 2 is 0.804 bits per heavy atom. The smallest absolute Gasteiger partial charge is 0.317 e. The number of aliphatic carboxylic acids is 3. The highest BCUT2D eigenvalue weighted by atomic mass is 16.6. The van der Waals surface area contributed by atoms with E-state index >= 15 is 0 Å². The second-order valence-electron chi connectivity index (χ2n) is 11.3. The lowest BCUT2D eigenvalue weighted by molar-refractivity contribution is -0.140. The molecule has 51 heavy (non-hydrogen) atoms. The van der Waals surface area contributed by atoms with Gasteiger partial charge in [-0.25, -0.2) is 0 Å². The fourth-order valence-electron chi connectivity index (χ4n) is 4.66. The number of rotatable bonds is 29. The van der Waals surface area contributed by atoms with E-state index in [0.29, 0.717) is 132 Å². The summed E-state index contributed by atoms with van der Waals surface area (Å²) in [5, 5.41) is 34.2. The fraction of sp³-hybridized carbons (Fsp3) is 0.867. The van der Waals surface area contributed by atoms with Crippen LogP contribution in [0.15, 0.2) is 5.11 Å². The third-order valence-electron chi connectivity index (χ3n) is 7.20. The van der Waals surface area contributed by atoms with Gasteiger partial charge in [0.25, 0.3) is 0 Å². The molecule has 1 saturated heterocycles. The Labute approximate surface area is 298 Å². The zero-order valence-electron chi connectivity index (χ0n) is 29.4. The predicted octanol–water partition coefficient (Wildman–Crippen LogP) is -2.01. The van der Waals surface area contributed by atoms with Gasteiger partial charge in [-0.15, -0.1) is 0 Å². The molecule has 0 radical (unpaired) electrons. The van der Waals surface area contributed by atoms with E-state index in [1.807, 2.05) is 4.90 Å². The maximum Gasteiger partial charge on any atom is 0.317 e. The molecule has 294 valence electrons. The van der Waals surface area contributed by atoms with Crippen LogP contribution in [0.3, 0.4) is 0 Å². The summed E-state index contributed by atoms with van der Waals surface area (Å²) in [6.07, 6.45) is 0. The van der Waals surface area contributed by atoms with Crippen LogP contribution in [-0.2, 0) is 47.6 Å². The molecule has 0 saturated carbocycles. The number of nitrogens with zero attached hydrogens (tertiary/aromatic N) is 7. The Balaban J connectivity index is 2.21. The fourth-order valence-corrected chi connectivity index (χ4v) is 4.66. The van der Waals surface area contributed by atoms with Crippen LogP contribution in [0.4, 0.5) is 0 Å². The van der Waals surface area contributed by atoms with Crippen molar-refractivity contribution in [2.75, 3.05) is 171 Å². The average molecular weight is 737 g/mol. The molecule has 0 spiro atoms. The molecule has 0 aromatic carbocycles. The zero-order chi connectivity index (χ0) is 37.4. The van der Waals surface area contributed by atoms with Gasteiger partial charge in [-0.1, -0.05) is 5.11 Å². The van der Waals surface area contributed by atoms with Crippen molar-refractivity contribution in [3.8, 4) is 0 Å². The van der Waals surface area contributed by atoms with Gasteiger partial charge in [0.15, 0.2) is 0 Å². The monoisotopic (exact) mass is 736 g/mol. The van der Waals surface area contributed by atoms with Crippen LogP contribution < -0.4 is 5.32 Å². The second kappa shape index (κ2) is 31.5. The van der Waals surface area contributed by atoms with Crippen LogP contribution in [0.5, 0.6) is 0 Å². The number of carbonyl (C=O) groups is 4. The first-order valence-corrected chi connectivity index (χ1v) is 17.0. The van der Waals surface area contributed by atoms with Crippen molar-refractivity contribution in [3.05, 3.63) is 10.4 Å². The molecule has 21 nitrogen and oxygen atoms in total. The lowest BCUT2D eigenvalue weighted by Gasteiger charge is -2.32. The first kappa shape index (κ1) is 45.8. The minimum atomic E-state index is -1.02. The van der Waals surface area contributed by atoms with Crippen LogP contribution in [0.25, 0.3) is 10.4 Å². The van der Waals surface area contributed by atoms with Gasteiger partial charge < -0.3 is 49.1 Å². The lowest BCUT2D eigenvalue weighted by Crippen LogP contribution is -2.50. The van der Waals surface area contributed by atoms with E-state index in [2.05, 4.69) is 15.3 Å². The van der Waals surface area contributed by atoms with Crippen molar-refractivity contribution in [2.45, 2.75) is 0 Å². The van der Waals surface area contributed by atoms with E-state index in [1.165, 1.54) is 0 Å². The van der Waals surface area contributed by atoms with E-state index in [9.17, 15) is 34.5 Å². The summed E-state index contributed by atoms with van der Waals surface area (Å²) >= 11 is 0. The van der Waals surface area contributed by atoms with E-state index in [4.69, 9.17) is 34.0 Å². The second-order valence-corrected chi connectivity index (χ2v) is 11.3. The normalized spacial score (nSPS) is 15.8. The van der Waals surface area contributed by atoms with E-state index in [-0.39, 0.29) is 45.2 Å². The number of carbonyl (C=O) groups excluding carboxylic acids is 1. The Bertz CT molecular complexity index is 977. The molecule has 1 aliphatic heterocycles. The van der Waals surface area contributed by atoms with Crippen molar-refractivity contribution >= 4 is 23.8 Å². The molecule has 1 heterocycles. The molecular formula is C30H56N8O13. The Morgan fingerprint density at radius 1 is 0.510 bits per heavy atom. The molecule has 1 rings (SSSR count).